The molecule has 0 N–H and O–H groups in total. The quantitative estimate of drug-likeness (QED) is 0.804. The average molecular weight is 335 g/mol. The van der Waals surface area contributed by atoms with Crippen molar-refractivity contribution in [2.75, 3.05) is 38.6 Å². The fourth-order valence-corrected chi connectivity index (χ4v) is 4.65. The van der Waals surface area contributed by atoms with Gasteiger partial charge < -0.3 is 14.1 Å². The highest BCUT2D eigenvalue weighted by atomic mass is 32.2. The van der Waals surface area contributed by atoms with Crippen molar-refractivity contribution in [3.05, 3.63) is 24.3 Å². The Morgan fingerprint density at radius 1 is 1.27 bits per heavy atom. The molecule has 7 heteroatoms. The number of fused-ring (bicyclic) bond motifs is 1. The van der Waals surface area contributed by atoms with Crippen molar-refractivity contribution in [1.29, 1.82) is 0 Å². The zero-order chi connectivity index (χ0) is 14.8. The molecule has 1 aromatic carbocycles. The minimum absolute atomic E-state index is 0.498. The molecule has 1 fully saturated rings. The van der Waals surface area contributed by atoms with Crippen molar-refractivity contribution in [1.82, 2.24) is 9.88 Å². The molecular formula is C15H17N3O2S2. The topological polar surface area (TPSA) is 50.9 Å². The van der Waals surface area contributed by atoms with Crippen LogP contribution in [-0.2, 0) is 4.74 Å². The molecule has 1 saturated heterocycles. The molecule has 0 spiro atoms. The smallest absolute Gasteiger partial charge is 0.256 e. The zero-order valence-corrected chi connectivity index (χ0v) is 13.7. The Hall–Kier alpha value is -1.18. The Labute approximate surface area is 137 Å². The third kappa shape index (κ3) is 3.11. The van der Waals surface area contributed by atoms with Crippen molar-refractivity contribution in [2.24, 2.45) is 4.99 Å². The van der Waals surface area contributed by atoms with Gasteiger partial charge in [0.25, 0.3) is 5.22 Å². The average Bonchev–Trinajstić information content (AvgIpc) is 3.20. The predicted octanol–water partition coefficient (Wildman–Crippen LogP) is 2.72. The molecule has 0 saturated carbocycles. The summed E-state index contributed by atoms with van der Waals surface area (Å²) in [6.07, 6.45) is 0. The molecule has 0 aliphatic carbocycles. The molecule has 22 heavy (non-hydrogen) atoms. The van der Waals surface area contributed by atoms with Gasteiger partial charge in [-0.05, 0) is 12.1 Å². The summed E-state index contributed by atoms with van der Waals surface area (Å²) in [5, 5.41) is 2.42. The van der Waals surface area contributed by atoms with E-state index < -0.39 is 0 Å². The molecule has 116 valence electrons. The van der Waals surface area contributed by atoms with E-state index in [1.165, 1.54) is 5.17 Å². The highest BCUT2D eigenvalue weighted by molar-refractivity contribution is 8.15. The van der Waals surface area contributed by atoms with Crippen molar-refractivity contribution < 1.29 is 9.15 Å². The minimum Gasteiger partial charge on any atom is -0.431 e. The molecule has 1 atom stereocenters. The Balaban J connectivity index is 1.31. The van der Waals surface area contributed by atoms with Crippen LogP contribution in [0.15, 0.2) is 38.9 Å². The van der Waals surface area contributed by atoms with Crippen LogP contribution in [0, 0.1) is 0 Å². The monoisotopic (exact) mass is 335 g/mol. The van der Waals surface area contributed by atoms with Gasteiger partial charge in [0.2, 0.25) is 0 Å². The van der Waals surface area contributed by atoms with E-state index in [0.29, 0.717) is 5.25 Å². The van der Waals surface area contributed by atoms with E-state index in [9.17, 15) is 0 Å². The van der Waals surface area contributed by atoms with Gasteiger partial charge in [0.05, 0.1) is 19.8 Å². The summed E-state index contributed by atoms with van der Waals surface area (Å²) < 4.78 is 11.1. The second-order valence-corrected chi connectivity index (χ2v) is 7.46. The number of ether oxygens (including phenoxy) is 1. The van der Waals surface area contributed by atoms with Crippen LogP contribution in [0.2, 0.25) is 0 Å². The van der Waals surface area contributed by atoms with Gasteiger partial charge >= 0.3 is 0 Å². The van der Waals surface area contributed by atoms with Crippen LogP contribution in [0.4, 0.5) is 0 Å². The standard InChI is InChI=1S/C15H17N3O2S2/c1-2-4-13-12(3-1)17-15(20-13)21-10-11-9-16-14(22-11)18-5-7-19-8-6-18/h1-4,11H,5-10H2/t11-/m0/s1. The van der Waals surface area contributed by atoms with Gasteiger partial charge in [-0.15, -0.1) is 0 Å². The van der Waals surface area contributed by atoms with Crippen LogP contribution >= 0.6 is 23.5 Å². The van der Waals surface area contributed by atoms with Gasteiger partial charge in [0.15, 0.2) is 10.8 Å². The number of benzene rings is 1. The number of hydrogen-bond donors (Lipinski definition) is 0. The van der Waals surface area contributed by atoms with Crippen molar-refractivity contribution in [2.45, 2.75) is 10.5 Å². The first kappa shape index (κ1) is 14.4. The molecule has 0 bridgehead atoms. The van der Waals surface area contributed by atoms with Crippen LogP contribution in [0.25, 0.3) is 11.1 Å². The summed E-state index contributed by atoms with van der Waals surface area (Å²) in [4.78, 5) is 11.5. The molecule has 2 aliphatic heterocycles. The van der Waals surface area contributed by atoms with E-state index in [1.54, 1.807) is 11.8 Å². The summed E-state index contributed by atoms with van der Waals surface area (Å²) in [6.45, 7) is 4.40. The molecule has 0 unspecified atom stereocenters. The largest absolute Gasteiger partial charge is 0.431 e. The highest BCUT2D eigenvalue weighted by Crippen LogP contribution is 2.30. The number of amidine groups is 1. The van der Waals surface area contributed by atoms with E-state index in [2.05, 4.69) is 14.9 Å². The van der Waals surface area contributed by atoms with Gasteiger partial charge in [0.1, 0.15) is 5.52 Å². The molecule has 2 aliphatic rings. The van der Waals surface area contributed by atoms with Crippen LogP contribution in [0.1, 0.15) is 0 Å². The second-order valence-electron chi connectivity index (χ2n) is 5.22. The molecule has 0 amide bonds. The minimum atomic E-state index is 0.498. The number of oxazole rings is 1. The zero-order valence-electron chi connectivity index (χ0n) is 12.1. The van der Waals surface area contributed by atoms with Crippen LogP contribution < -0.4 is 0 Å². The fraction of sp³-hybridized carbons (Fsp3) is 0.467. The van der Waals surface area contributed by atoms with E-state index >= 15 is 0 Å². The SMILES string of the molecule is c1ccc2oc(SC[C@@H]3CN=C(N4CCOCC4)S3)nc2c1. The van der Waals surface area contributed by atoms with Gasteiger partial charge in [-0.1, -0.05) is 35.7 Å². The molecule has 2 aromatic rings. The molecule has 0 radical (unpaired) electrons. The summed E-state index contributed by atoms with van der Waals surface area (Å²) in [5.41, 5.74) is 1.78. The summed E-state index contributed by atoms with van der Waals surface area (Å²) in [6, 6.07) is 7.88. The molecule has 1 aromatic heterocycles. The maximum atomic E-state index is 5.75. The summed E-state index contributed by atoms with van der Waals surface area (Å²) >= 11 is 3.55. The summed E-state index contributed by atoms with van der Waals surface area (Å²) in [7, 11) is 0. The predicted molar refractivity (Wildman–Crippen MR) is 90.8 cm³/mol. The Bertz CT molecular complexity index is 649. The number of thioether (sulfide) groups is 2. The third-order valence-corrected chi connectivity index (χ3v) is 6.10. The van der Waals surface area contributed by atoms with Gasteiger partial charge in [-0.25, -0.2) is 4.98 Å². The van der Waals surface area contributed by atoms with Gasteiger partial charge in [-0.3, -0.25) is 4.99 Å². The lowest BCUT2D eigenvalue weighted by Crippen LogP contribution is -2.39. The number of nitrogens with zero attached hydrogens (tertiary/aromatic N) is 3. The lowest BCUT2D eigenvalue weighted by atomic mass is 10.3. The number of hydrogen-bond acceptors (Lipinski definition) is 7. The highest BCUT2D eigenvalue weighted by Gasteiger charge is 2.25. The molecule has 5 nitrogen and oxygen atoms in total. The first-order valence-corrected chi connectivity index (χ1v) is 9.27. The number of morpholine rings is 1. The maximum absolute atomic E-state index is 5.75. The molecular weight excluding hydrogens is 318 g/mol. The third-order valence-electron chi connectivity index (χ3n) is 3.65. The van der Waals surface area contributed by atoms with Gasteiger partial charge in [0, 0.05) is 24.1 Å². The van der Waals surface area contributed by atoms with E-state index in [0.717, 1.165) is 54.9 Å². The summed E-state index contributed by atoms with van der Waals surface area (Å²) in [5.74, 6) is 0.967. The van der Waals surface area contributed by atoms with Crippen LogP contribution in [0.3, 0.4) is 0 Å². The van der Waals surface area contributed by atoms with E-state index in [4.69, 9.17) is 9.15 Å². The molecule has 4 rings (SSSR count). The van der Waals surface area contributed by atoms with Crippen molar-refractivity contribution in [3.63, 3.8) is 0 Å². The van der Waals surface area contributed by atoms with Crippen LogP contribution in [0.5, 0.6) is 0 Å². The fourth-order valence-electron chi connectivity index (χ4n) is 2.50. The Morgan fingerprint density at radius 2 is 2.14 bits per heavy atom. The van der Waals surface area contributed by atoms with Gasteiger partial charge in [-0.2, -0.15) is 0 Å². The lowest BCUT2D eigenvalue weighted by Gasteiger charge is -2.28. The Kier molecular flexibility index (Phi) is 4.27. The Morgan fingerprint density at radius 3 is 3.00 bits per heavy atom. The number of aliphatic imine (C=N–C) groups is 1. The van der Waals surface area contributed by atoms with E-state index in [1.807, 2.05) is 36.0 Å². The molecule has 3 heterocycles. The first-order valence-electron chi connectivity index (χ1n) is 7.41. The first-order chi connectivity index (χ1) is 10.9. The normalized spacial score (nSPS) is 22.3. The number of aromatic nitrogens is 1. The maximum Gasteiger partial charge on any atom is 0.256 e. The van der Waals surface area contributed by atoms with Crippen LogP contribution in [-0.4, -0.2) is 58.9 Å². The number of rotatable bonds is 3. The van der Waals surface area contributed by atoms with Crippen molar-refractivity contribution >= 4 is 39.8 Å². The van der Waals surface area contributed by atoms with E-state index in [-0.39, 0.29) is 0 Å². The second kappa shape index (κ2) is 6.52. The van der Waals surface area contributed by atoms with Crippen molar-refractivity contribution in [3.8, 4) is 0 Å². The lowest BCUT2D eigenvalue weighted by molar-refractivity contribution is 0.0693. The number of para-hydroxylation sites is 2.